The summed E-state index contributed by atoms with van der Waals surface area (Å²) in [5, 5.41) is 14.1. The van der Waals surface area contributed by atoms with Crippen LogP contribution in [0.5, 0.6) is 11.5 Å². The number of halogens is 2. The Balaban J connectivity index is 1.78. The van der Waals surface area contributed by atoms with Crippen LogP contribution in [0.1, 0.15) is 29.8 Å². The fourth-order valence-corrected chi connectivity index (χ4v) is 2.89. The van der Waals surface area contributed by atoms with Crippen LogP contribution in [0.3, 0.4) is 0 Å². The molecule has 11 nitrogen and oxygen atoms in total. The Labute approximate surface area is 154 Å². The predicted octanol–water partition coefficient (Wildman–Crippen LogP) is 0.352. The first-order chi connectivity index (χ1) is 12.7. The van der Waals surface area contributed by atoms with Crippen molar-refractivity contribution in [1.29, 1.82) is 0 Å². The maximum atomic E-state index is 13.2. The molecule has 0 aliphatic carbocycles. The molecule has 1 atom stereocenters. The summed E-state index contributed by atoms with van der Waals surface area (Å²) in [4.78, 5) is 23.5. The topological polar surface area (TPSA) is 170 Å². The molecule has 14 heteroatoms. The lowest BCUT2D eigenvalue weighted by Gasteiger charge is -2.19. The molecule has 1 unspecified atom stereocenters. The number of ether oxygens (including phenoxy) is 3. The van der Waals surface area contributed by atoms with Gasteiger partial charge < -0.3 is 28.8 Å². The number of alkyl halides is 2. The second-order valence-corrected chi connectivity index (χ2v) is 7.78. The van der Waals surface area contributed by atoms with E-state index in [1.165, 1.54) is 13.8 Å². The van der Waals surface area contributed by atoms with E-state index in [1.54, 1.807) is 0 Å². The van der Waals surface area contributed by atoms with Crippen LogP contribution in [-0.4, -0.2) is 53.3 Å². The number of furan rings is 2. The van der Waals surface area contributed by atoms with Crippen molar-refractivity contribution < 1.29 is 60.2 Å². The summed E-state index contributed by atoms with van der Waals surface area (Å²) in [7, 11) is -6.05. The van der Waals surface area contributed by atoms with Crippen molar-refractivity contribution in [2.45, 2.75) is 31.0 Å². The number of aliphatic hydroxyl groups excluding tert-OH is 1. The van der Waals surface area contributed by atoms with E-state index in [9.17, 15) is 31.9 Å². The molecule has 28 heavy (non-hydrogen) atoms. The van der Waals surface area contributed by atoms with Crippen LogP contribution in [0.4, 0.5) is 8.78 Å². The maximum absolute atomic E-state index is 13.2. The number of fused-ring (bicyclic) bond motifs is 1. The number of hydrogen-bond acceptors (Lipinski definition) is 10. The molecule has 2 aromatic rings. The van der Waals surface area contributed by atoms with Crippen LogP contribution in [-0.2, 0) is 25.3 Å². The molecule has 3 heterocycles. The number of esters is 2. The highest BCUT2D eigenvalue weighted by atomic mass is 32.2. The first-order valence-corrected chi connectivity index (χ1v) is 8.82. The third-order valence-corrected chi connectivity index (χ3v) is 4.64. The standard InChI is InChI=1S/C14H12F2O11S/c1-13(2,20)6-5-7-10(27-11(5)18)9(8(6)26-7)24-3-4(17)25-12(19)14(15,16)28(21,22)23/h12,19-20H,3H2,1-2H3,(H,21,22,23). The highest BCUT2D eigenvalue weighted by molar-refractivity contribution is 7.86. The van der Waals surface area contributed by atoms with Crippen molar-refractivity contribution in [1.82, 2.24) is 0 Å². The van der Waals surface area contributed by atoms with Crippen LogP contribution in [0.2, 0.25) is 0 Å². The Morgan fingerprint density at radius 2 is 1.89 bits per heavy atom. The molecule has 154 valence electrons. The van der Waals surface area contributed by atoms with Gasteiger partial charge in [-0.2, -0.15) is 17.2 Å². The zero-order valence-electron chi connectivity index (χ0n) is 14.1. The first-order valence-electron chi connectivity index (χ1n) is 7.38. The number of carbonyl (C=O) groups excluding carboxylic acids is 2. The third-order valence-electron chi connectivity index (χ3n) is 3.75. The van der Waals surface area contributed by atoms with Crippen molar-refractivity contribution in [2.75, 3.05) is 6.61 Å². The van der Waals surface area contributed by atoms with E-state index in [0.717, 1.165) is 0 Å². The summed E-state index contributed by atoms with van der Waals surface area (Å²) in [6.45, 7) is 1.55. The Hall–Kier alpha value is -2.55. The molecular weight excluding hydrogens is 414 g/mol. The number of benzene rings is 1. The lowest BCUT2D eigenvalue weighted by molar-refractivity contribution is -0.206. The molecule has 0 radical (unpaired) electrons. The highest BCUT2D eigenvalue weighted by Crippen LogP contribution is 2.54. The molecule has 3 N–H and O–H groups in total. The van der Waals surface area contributed by atoms with Gasteiger partial charge in [0.2, 0.25) is 11.5 Å². The number of hydrogen-bond donors (Lipinski definition) is 3. The Kier molecular flexibility index (Phi) is 4.31. The van der Waals surface area contributed by atoms with Crippen LogP contribution >= 0.6 is 0 Å². The van der Waals surface area contributed by atoms with E-state index in [2.05, 4.69) is 4.74 Å². The summed E-state index contributed by atoms with van der Waals surface area (Å²) in [5.74, 6) is -2.97. The first kappa shape index (κ1) is 20.2. The summed E-state index contributed by atoms with van der Waals surface area (Å²) < 4.78 is 74.7. The lowest BCUT2D eigenvalue weighted by atomic mass is 9.93. The largest absolute Gasteiger partial charge is 0.474 e. The lowest BCUT2D eigenvalue weighted by Crippen LogP contribution is -2.44. The molecule has 0 fully saturated rings. The van der Waals surface area contributed by atoms with Gasteiger partial charge in [-0.1, -0.05) is 0 Å². The third kappa shape index (κ3) is 2.94. The van der Waals surface area contributed by atoms with Crippen molar-refractivity contribution in [3.63, 3.8) is 0 Å². The van der Waals surface area contributed by atoms with Gasteiger partial charge in [-0.25, -0.2) is 9.59 Å². The van der Waals surface area contributed by atoms with Crippen molar-refractivity contribution in [2.24, 2.45) is 0 Å². The Morgan fingerprint density at radius 3 is 2.43 bits per heavy atom. The van der Waals surface area contributed by atoms with Crippen molar-refractivity contribution in [3.05, 3.63) is 11.1 Å². The van der Waals surface area contributed by atoms with E-state index < -0.39 is 45.8 Å². The smallest absolute Gasteiger partial charge is 0.430 e. The van der Waals surface area contributed by atoms with E-state index in [0.29, 0.717) is 0 Å². The second kappa shape index (κ2) is 5.97. The minimum atomic E-state index is -6.05. The van der Waals surface area contributed by atoms with Gasteiger partial charge in [-0.3, -0.25) is 4.55 Å². The monoisotopic (exact) mass is 426 g/mol. The summed E-state index contributed by atoms with van der Waals surface area (Å²) in [6, 6.07) is 0. The van der Waals surface area contributed by atoms with E-state index in [1.807, 2.05) is 0 Å². The quantitative estimate of drug-likeness (QED) is 0.317. The fourth-order valence-electron chi connectivity index (χ4n) is 2.59. The second-order valence-electron chi connectivity index (χ2n) is 6.28. The van der Waals surface area contributed by atoms with E-state index in [4.69, 9.17) is 23.6 Å². The van der Waals surface area contributed by atoms with Gasteiger partial charge in [0.05, 0.1) is 5.60 Å². The molecule has 0 saturated heterocycles. The number of carbonyl (C=O) groups is 2. The van der Waals surface area contributed by atoms with Crippen LogP contribution in [0, 0.1) is 0 Å². The number of aliphatic hydroxyl groups is 2. The molecule has 0 spiro atoms. The molecule has 2 aromatic heterocycles. The van der Waals surface area contributed by atoms with E-state index >= 15 is 0 Å². The van der Waals surface area contributed by atoms with Gasteiger partial charge in [0.25, 0.3) is 6.29 Å². The average Bonchev–Trinajstić information content (AvgIpc) is 3.12. The Morgan fingerprint density at radius 1 is 1.29 bits per heavy atom. The molecule has 1 aliphatic rings. The molecule has 3 rings (SSSR count). The summed E-state index contributed by atoms with van der Waals surface area (Å²) in [5.41, 5.74) is -1.73. The molecule has 0 saturated carbocycles. The normalized spacial score (nSPS) is 15.8. The van der Waals surface area contributed by atoms with Gasteiger partial charge in [-0.05, 0) is 13.8 Å². The molecule has 0 amide bonds. The van der Waals surface area contributed by atoms with Gasteiger partial charge in [0.15, 0.2) is 17.8 Å². The van der Waals surface area contributed by atoms with Crippen molar-refractivity contribution in [3.8, 4) is 11.5 Å². The molecular formula is C14H12F2O11S. The van der Waals surface area contributed by atoms with Gasteiger partial charge in [0.1, 0.15) is 5.56 Å². The van der Waals surface area contributed by atoms with Crippen molar-refractivity contribution >= 4 is 33.2 Å². The van der Waals surface area contributed by atoms with Crippen LogP contribution < -0.4 is 9.47 Å². The van der Waals surface area contributed by atoms with Gasteiger partial charge >= 0.3 is 27.3 Å². The maximum Gasteiger partial charge on any atom is 0.430 e. The average molecular weight is 426 g/mol. The fraction of sp³-hybridized carbons (Fsp3) is 0.429. The van der Waals surface area contributed by atoms with Crippen LogP contribution in [0.25, 0.3) is 11.2 Å². The Bertz CT molecular complexity index is 1060. The van der Waals surface area contributed by atoms with Gasteiger partial charge in [-0.15, -0.1) is 0 Å². The summed E-state index contributed by atoms with van der Waals surface area (Å²) >= 11 is 0. The zero-order valence-corrected chi connectivity index (χ0v) is 14.9. The zero-order chi connectivity index (χ0) is 21.2. The SMILES string of the molecule is CC(C)(O)c1c2c3oc1c(OCC(=O)OC(O)C(F)(F)S(=O)(=O)O)c3OC2=O. The minimum absolute atomic E-state index is 0.0179. The van der Waals surface area contributed by atoms with Crippen LogP contribution in [0.15, 0.2) is 4.42 Å². The summed E-state index contributed by atoms with van der Waals surface area (Å²) in [6.07, 6.45) is -3.50. The highest BCUT2D eigenvalue weighted by Gasteiger charge is 2.54. The predicted molar refractivity (Wildman–Crippen MR) is 81.7 cm³/mol. The molecule has 2 bridgehead atoms. The van der Waals surface area contributed by atoms with E-state index in [-0.39, 0.29) is 33.8 Å². The molecule has 1 aliphatic heterocycles. The number of rotatable bonds is 7. The van der Waals surface area contributed by atoms with Gasteiger partial charge in [0, 0.05) is 5.56 Å². The molecule has 0 aromatic carbocycles. The minimum Gasteiger partial charge on any atom is -0.474 e.